The van der Waals surface area contributed by atoms with E-state index in [2.05, 4.69) is 27.3 Å². The van der Waals surface area contributed by atoms with E-state index in [-0.39, 0.29) is 18.4 Å². The van der Waals surface area contributed by atoms with Gasteiger partial charge in [0, 0.05) is 23.5 Å². The van der Waals surface area contributed by atoms with Gasteiger partial charge in [0.2, 0.25) is 5.89 Å². The van der Waals surface area contributed by atoms with Crippen LogP contribution in [0.3, 0.4) is 0 Å². The highest BCUT2D eigenvalue weighted by molar-refractivity contribution is 5.85. The molecule has 0 amide bonds. The fraction of sp³-hybridized carbons (Fsp3) is 0.375. The number of benzene rings is 1. The number of hydrogen-bond donors (Lipinski definition) is 2. The summed E-state index contributed by atoms with van der Waals surface area (Å²) < 4.78 is 5.32. The molecular formula is C16H19ClN4O. The molecule has 116 valence electrons. The van der Waals surface area contributed by atoms with Gasteiger partial charge in [0.05, 0.1) is 6.04 Å². The Labute approximate surface area is 134 Å². The maximum Gasteiger partial charge on any atom is 0.243 e. The second-order valence-corrected chi connectivity index (χ2v) is 5.87. The van der Waals surface area contributed by atoms with Crippen molar-refractivity contribution in [2.75, 3.05) is 0 Å². The molecule has 22 heavy (non-hydrogen) atoms. The molecule has 1 aliphatic rings. The third-order valence-electron chi connectivity index (χ3n) is 4.08. The molecule has 1 atom stereocenters. The number of nitrogens with zero attached hydrogens (tertiary/aromatic N) is 2. The number of para-hydroxylation sites is 1. The van der Waals surface area contributed by atoms with Gasteiger partial charge in [0.25, 0.3) is 0 Å². The summed E-state index contributed by atoms with van der Waals surface area (Å²) in [6.07, 6.45) is 6.18. The first-order valence-corrected chi connectivity index (χ1v) is 7.42. The van der Waals surface area contributed by atoms with Crippen molar-refractivity contribution in [1.29, 1.82) is 0 Å². The molecule has 2 heterocycles. The minimum atomic E-state index is -0.260. The van der Waals surface area contributed by atoms with Crippen LogP contribution in [0.15, 0.2) is 35.0 Å². The molecule has 1 fully saturated rings. The predicted octanol–water partition coefficient (Wildman–Crippen LogP) is 3.17. The van der Waals surface area contributed by atoms with Crippen molar-refractivity contribution in [2.24, 2.45) is 11.7 Å². The Morgan fingerprint density at radius 3 is 2.95 bits per heavy atom. The van der Waals surface area contributed by atoms with E-state index in [1.807, 2.05) is 18.3 Å². The van der Waals surface area contributed by atoms with Gasteiger partial charge in [0.1, 0.15) is 0 Å². The molecule has 0 spiro atoms. The van der Waals surface area contributed by atoms with Crippen molar-refractivity contribution < 1.29 is 4.52 Å². The number of aromatic amines is 1. The van der Waals surface area contributed by atoms with E-state index in [0.717, 1.165) is 23.7 Å². The Bertz CT molecular complexity index is 762. The van der Waals surface area contributed by atoms with Crippen molar-refractivity contribution in [3.63, 3.8) is 0 Å². The summed E-state index contributed by atoms with van der Waals surface area (Å²) in [5.74, 6) is 2.08. The fourth-order valence-corrected chi connectivity index (χ4v) is 2.71. The maximum absolute atomic E-state index is 6.23. The first-order valence-electron chi connectivity index (χ1n) is 7.42. The normalized spacial score (nSPS) is 15.7. The van der Waals surface area contributed by atoms with E-state index < -0.39 is 0 Å². The third kappa shape index (κ3) is 3.00. The van der Waals surface area contributed by atoms with Crippen molar-refractivity contribution >= 4 is 23.3 Å². The summed E-state index contributed by atoms with van der Waals surface area (Å²) in [6, 6.07) is 7.95. The maximum atomic E-state index is 6.23. The van der Waals surface area contributed by atoms with Gasteiger partial charge in [-0.05, 0) is 36.8 Å². The van der Waals surface area contributed by atoms with E-state index in [4.69, 9.17) is 10.3 Å². The summed E-state index contributed by atoms with van der Waals surface area (Å²) in [6.45, 7) is 0. The number of nitrogens with two attached hydrogens (primary N) is 1. The zero-order valence-electron chi connectivity index (χ0n) is 12.2. The molecule has 3 aromatic rings. The summed E-state index contributed by atoms with van der Waals surface area (Å²) in [5.41, 5.74) is 8.53. The van der Waals surface area contributed by atoms with Gasteiger partial charge in [-0.1, -0.05) is 23.4 Å². The van der Waals surface area contributed by atoms with Crippen LogP contribution < -0.4 is 5.73 Å². The lowest BCUT2D eigenvalue weighted by Crippen LogP contribution is -2.13. The Balaban J connectivity index is 0.00000144. The van der Waals surface area contributed by atoms with Crippen LogP contribution in [-0.2, 0) is 12.8 Å². The smallest absolute Gasteiger partial charge is 0.243 e. The van der Waals surface area contributed by atoms with Crippen LogP contribution in [0.5, 0.6) is 0 Å². The highest BCUT2D eigenvalue weighted by atomic mass is 35.5. The highest BCUT2D eigenvalue weighted by Gasteiger charge is 2.25. The van der Waals surface area contributed by atoms with E-state index in [9.17, 15) is 0 Å². The largest absolute Gasteiger partial charge is 0.361 e. The van der Waals surface area contributed by atoms with Crippen LogP contribution in [0.2, 0.25) is 0 Å². The van der Waals surface area contributed by atoms with Crippen LogP contribution in [-0.4, -0.2) is 15.1 Å². The van der Waals surface area contributed by atoms with E-state index in [0.29, 0.717) is 12.3 Å². The second kappa shape index (κ2) is 6.10. The first-order chi connectivity index (χ1) is 10.3. The molecule has 1 aliphatic carbocycles. The van der Waals surface area contributed by atoms with E-state index in [1.54, 1.807) is 0 Å². The standard InChI is InChI=1S/C16H18N4O.ClH/c17-13(16-19-15(20-21-16)7-10-5-6-10)8-11-9-18-14-4-2-1-3-12(11)14;/h1-4,9-10,13,18H,5-8,17H2;1H/t13-;/m0./s1. The second-order valence-electron chi connectivity index (χ2n) is 5.87. The molecular weight excluding hydrogens is 300 g/mol. The molecule has 0 aliphatic heterocycles. The van der Waals surface area contributed by atoms with Gasteiger partial charge in [-0.25, -0.2) is 0 Å². The van der Waals surface area contributed by atoms with E-state index >= 15 is 0 Å². The molecule has 1 aromatic carbocycles. The topological polar surface area (TPSA) is 80.7 Å². The molecule has 2 aromatic heterocycles. The van der Waals surface area contributed by atoms with Gasteiger partial charge in [-0.2, -0.15) is 4.98 Å². The van der Waals surface area contributed by atoms with Gasteiger partial charge in [0.15, 0.2) is 5.82 Å². The number of fused-ring (bicyclic) bond motifs is 1. The summed E-state index contributed by atoms with van der Waals surface area (Å²) in [5, 5.41) is 5.23. The lowest BCUT2D eigenvalue weighted by Gasteiger charge is -2.05. The average molecular weight is 319 g/mol. The number of aromatic nitrogens is 3. The van der Waals surface area contributed by atoms with Gasteiger partial charge in [-0.15, -0.1) is 12.4 Å². The number of nitrogens with one attached hydrogen (secondary N) is 1. The van der Waals surface area contributed by atoms with E-state index in [1.165, 1.54) is 23.8 Å². The molecule has 5 nitrogen and oxygen atoms in total. The van der Waals surface area contributed by atoms with Crippen molar-refractivity contribution in [3.8, 4) is 0 Å². The molecule has 4 rings (SSSR count). The summed E-state index contributed by atoms with van der Waals surface area (Å²) in [4.78, 5) is 7.70. The first kappa shape index (κ1) is 15.1. The minimum absolute atomic E-state index is 0. The van der Waals surface area contributed by atoms with Crippen LogP contribution >= 0.6 is 12.4 Å². The van der Waals surface area contributed by atoms with Crippen LogP contribution in [0.1, 0.15) is 36.2 Å². The van der Waals surface area contributed by atoms with Gasteiger partial charge >= 0.3 is 0 Å². The van der Waals surface area contributed by atoms with Crippen LogP contribution in [0, 0.1) is 5.92 Å². The molecule has 0 radical (unpaired) electrons. The Kier molecular flexibility index (Phi) is 4.18. The quantitative estimate of drug-likeness (QED) is 0.757. The molecule has 0 saturated heterocycles. The van der Waals surface area contributed by atoms with Crippen molar-refractivity contribution in [2.45, 2.75) is 31.7 Å². The monoisotopic (exact) mass is 318 g/mol. The SMILES string of the molecule is Cl.N[C@@H](Cc1c[nH]c2ccccc12)c1nc(CC2CC2)no1. The zero-order chi connectivity index (χ0) is 14.2. The lowest BCUT2D eigenvalue weighted by atomic mass is 10.1. The fourth-order valence-electron chi connectivity index (χ4n) is 2.71. The van der Waals surface area contributed by atoms with Crippen molar-refractivity contribution in [3.05, 3.63) is 47.7 Å². The van der Waals surface area contributed by atoms with Gasteiger partial charge in [-0.3, -0.25) is 0 Å². The lowest BCUT2D eigenvalue weighted by molar-refractivity contribution is 0.350. The summed E-state index contributed by atoms with van der Waals surface area (Å²) >= 11 is 0. The van der Waals surface area contributed by atoms with Gasteiger partial charge < -0.3 is 15.2 Å². The Hall–Kier alpha value is -1.85. The minimum Gasteiger partial charge on any atom is -0.361 e. The number of rotatable bonds is 5. The number of halogens is 1. The highest BCUT2D eigenvalue weighted by Crippen LogP contribution is 2.32. The van der Waals surface area contributed by atoms with Crippen molar-refractivity contribution in [1.82, 2.24) is 15.1 Å². The summed E-state index contributed by atoms with van der Waals surface area (Å²) in [7, 11) is 0. The molecule has 1 saturated carbocycles. The molecule has 0 unspecified atom stereocenters. The predicted molar refractivity (Wildman–Crippen MR) is 86.9 cm³/mol. The molecule has 3 N–H and O–H groups in total. The number of H-pyrrole nitrogens is 1. The molecule has 0 bridgehead atoms. The Morgan fingerprint density at radius 1 is 1.32 bits per heavy atom. The average Bonchev–Trinajstić information content (AvgIpc) is 3.03. The third-order valence-corrected chi connectivity index (χ3v) is 4.08. The van der Waals surface area contributed by atoms with Crippen LogP contribution in [0.4, 0.5) is 0 Å². The Morgan fingerprint density at radius 2 is 2.14 bits per heavy atom. The molecule has 6 heteroatoms. The number of hydrogen-bond acceptors (Lipinski definition) is 4. The zero-order valence-corrected chi connectivity index (χ0v) is 13.0. The van der Waals surface area contributed by atoms with Crippen LogP contribution in [0.25, 0.3) is 10.9 Å².